The first-order chi connectivity index (χ1) is 14.1. The van der Waals surface area contributed by atoms with Gasteiger partial charge in [-0.15, -0.1) is 0 Å². The van der Waals surface area contributed by atoms with E-state index in [4.69, 9.17) is 14.6 Å². The molecule has 1 aromatic heterocycles. The summed E-state index contributed by atoms with van der Waals surface area (Å²) in [5, 5.41) is 12.2. The van der Waals surface area contributed by atoms with Crippen LogP contribution in [0.3, 0.4) is 0 Å². The smallest absolute Gasteiger partial charge is 0.407 e. The van der Waals surface area contributed by atoms with Crippen LogP contribution in [0.1, 0.15) is 12.8 Å². The number of piperidine rings is 1. The Hall–Kier alpha value is -3.30. The van der Waals surface area contributed by atoms with E-state index in [1.165, 1.54) is 30.5 Å². The van der Waals surface area contributed by atoms with Gasteiger partial charge in [0.1, 0.15) is 12.9 Å². The summed E-state index contributed by atoms with van der Waals surface area (Å²) in [5.74, 6) is 1.31. The van der Waals surface area contributed by atoms with Crippen molar-refractivity contribution in [3.63, 3.8) is 0 Å². The number of halogens is 1. The van der Waals surface area contributed by atoms with Crippen molar-refractivity contribution in [3.05, 3.63) is 30.3 Å². The van der Waals surface area contributed by atoms with E-state index in [0.717, 1.165) is 12.8 Å². The summed E-state index contributed by atoms with van der Waals surface area (Å²) in [7, 11) is 1.41. The zero-order valence-corrected chi connectivity index (χ0v) is 16.0. The molecule has 2 aliphatic heterocycles. The molecule has 1 amide bonds. The average Bonchev–Trinajstić information content (AvgIpc) is 2.74. The molecule has 0 aliphatic carbocycles. The van der Waals surface area contributed by atoms with E-state index < -0.39 is 11.9 Å². The van der Waals surface area contributed by atoms with Crippen LogP contribution in [0.4, 0.5) is 26.5 Å². The molecule has 0 unspecified atom stereocenters. The highest BCUT2D eigenvalue weighted by Crippen LogP contribution is 2.38. The molecule has 0 atom stereocenters. The van der Waals surface area contributed by atoms with Gasteiger partial charge in [0, 0.05) is 30.9 Å². The van der Waals surface area contributed by atoms with Crippen LogP contribution in [0.5, 0.6) is 11.5 Å². The summed E-state index contributed by atoms with van der Waals surface area (Å²) >= 11 is 0. The van der Waals surface area contributed by atoms with Crippen molar-refractivity contribution < 1.29 is 23.8 Å². The molecule has 2 N–H and O–H groups in total. The molecule has 0 radical (unpaired) electrons. The quantitative estimate of drug-likeness (QED) is 0.804. The molecule has 2 aromatic rings. The zero-order valence-electron chi connectivity index (χ0n) is 16.0. The number of nitrogens with zero attached hydrogens (tertiary/aromatic N) is 4. The Bertz CT molecular complexity index is 904. The number of likely N-dealkylation sites (tertiary alicyclic amines) is 1. The predicted octanol–water partition coefficient (Wildman–Crippen LogP) is 2.71. The number of hydrogen-bond donors (Lipinski definition) is 2. The van der Waals surface area contributed by atoms with Gasteiger partial charge in [-0.25, -0.2) is 19.2 Å². The van der Waals surface area contributed by atoms with Crippen LogP contribution >= 0.6 is 0 Å². The highest BCUT2D eigenvalue weighted by atomic mass is 19.1. The molecule has 29 heavy (non-hydrogen) atoms. The van der Waals surface area contributed by atoms with Crippen molar-refractivity contribution in [2.24, 2.45) is 0 Å². The van der Waals surface area contributed by atoms with Gasteiger partial charge < -0.3 is 29.7 Å². The second-order valence-electron chi connectivity index (χ2n) is 6.89. The molecular formula is C19H22FN5O4. The van der Waals surface area contributed by atoms with Crippen LogP contribution in [0.25, 0.3) is 0 Å². The third-order valence-corrected chi connectivity index (χ3v) is 5.23. The van der Waals surface area contributed by atoms with Crippen LogP contribution in [0, 0.1) is 5.82 Å². The Kier molecular flexibility index (Phi) is 5.24. The van der Waals surface area contributed by atoms with E-state index in [1.807, 2.05) is 0 Å². The number of fused-ring (bicyclic) bond motifs is 1. The molecule has 0 saturated carbocycles. The van der Waals surface area contributed by atoms with E-state index in [2.05, 4.69) is 20.2 Å². The molecule has 3 heterocycles. The molecule has 1 saturated heterocycles. The maximum Gasteiger partial charge on any atom is 0.407 e. The van der Waals surface area contributed by atoms with Gasteiger partial charge in [0.15, 0.2) is 23.2 Å². The first-order valence-corrected chi connectivity index (χ1v) is 9.39. The number of benzene rings is 1. The highest BCUT2D eigenvalue weighted by molar-refractivity contribution is 5.71. The number of amides is 1. The van der Waals surface area contributed by atoms with Crippen LogP contribution in [0.15, 0.2) is 24.5 Å². The number of rotatable bonds is 4. The van der Waals surface area contributed by atoms with Gasteiger partial charge in [0.25, 0.3) is 0 Å². The Morgan fingerprint density at radius 2 is 2.10 bits per heavy atom. The van der Waals surface area contributed by atoms with Crippen LogP contribution in [0.2, 0.25) is 0 Å². The average molecular weight is 403 g/mol. The lowest BCUT2D eigenvalue weighted by Gasteiger charge is -2.40. The summed E-state index contributed by atoms with van der Waals surface area (Å²) in [6.07, 6.45) is 2.01. The van der Waals surface area contributed by atoms with Crippen LogP contribution in [-0.2, 0) is 0 Å². The first kappa shape index (κ1) is 19.0. The minimum atomic E-state index is -0.883. The van der Waals surface area contributed by atoms with Crippen molar-refractivity contribution in [1.29, 1.82) is 0 Å². The van der Waals surface area contributed by atoms with Crippen molar-refractivity contribution in [3.8, 4) is 11.5 Å². The number of hydrogen-bond acceptors (Lipinski definition) is 7. The second-order valence-corrected chi connectivity index (χ2v) is 6.89. The van der Waals surface area contributed by atoms with Crippen molar-refractivity contribution >= 4 is 23.4 Å². The van der Waals surface area contributed by atoms with Crippen molar-refractivity contribution in [2.45, 2.75) is 18.9 Å². The molecule has 2 aliphatic rings. The minimum absolute atomic E-state index is 0.162. The van der Waals surface area contributed by atoms with Crippen molar-refractivity contribution in [2.75, 3.05) is 43.6 Å². The summed E-state index contributed by atoms with van der Waals surface area (Å²) in [5.41, 5.74) is 0.514. The van der Waals surface area contributed by atoms with E-state index in [0.29, 0.717) is 49.3 Å². The third kappa shape index (κ3) is 3.82. The van der Waals surface area contributed by atoms with E-state index in [1.54, 1.807) is 6.07 Å². The normalized spacial score (nSPS) is 16.8. The van der Waals surface area contributed by atoms with Crippen LogP contribution < -0.4 is 19.7 Å². The number of ether oxygens (including phenoxy) is 2. The molecular weight excluding hydrogens is 381 g/mol. The van der Waals surface area contributed by atoms with Crippen molar-refractivity contribution in [1.82, 2.24) is 14.9 Å². The summed E-state index contributed by atoms with van der Waals surface area (Å²) in [6, 6.07) is 4.73. The first-order valence-electron chi connectivity index (χ1n) is 9.39. The SMILES string of the molecule is COc1ccc(Nc2ncnc3c2OCCN3C2CCN(C(=O)O)CC2)cc1F. The summed E-state index contributed by atoms with van der Waals surface area (Å²) < 4.78 is 24.8. The number of methoxy groups -OCH3 is 1. The number of anilines is 3. The second kappa shape index (κ2) is 7.98. The number of carbonyl (C=O) groups is 1. The van der Waals surface area contributed by atoms with E-state index in [-0.39, 0.29) is 11.8 Å². The monoisotopic (exact) mass is 403 g/mol. The predicted molar refractivity (Wildman–Crippen MR) is 104 cm³/mol. The lowest BCUT2D eigenvalue weighted by molar-refractivity contribution is 0.130. The number of aromatic nitrogens is 2. The lowest BCUT2D eigenvalue weighted by atomic mass is 10.0. The third-order valence-electron chi connectivity index (χ3n) is 5.23. The molecule has 1 aromatic carbocycles. The van der Waals surface area contributed by atoms with E-state index in [9.17, 15) is 9.18 Å². The molecule has 10 heteroatoms. The van der Waals surface area contributed by atoms with Gasteiger partial charge >= 0.3 is 6.09 Å². The molecule has 0 spiro atoms. The van der Waals surface area contributed by atoms with Crippen LogP contribution in [-0.4, -0.2) is 65.5 Å². The highest BCUT2D eigenvalue weighted by Gasteiger charge is 2.32. The largest absolute Gasteiger partial charge is 0.494 e. The molecule has 0 bridgehead atoms. The molecule has 9 nitrogen and oxygen atoms in total. The number of nitrogens with one attached hydrogen (secondary N) is 1. The Balaban J connectivity index is 1.55. The zero-order chi connectivity index (χ0) is 20.4. The Morgan fingerprint density at radius 1 is 1.31 bits per heavy atom. The molecule has 154 valence electrons. The maximum atomic E-state index is 14.0. The fourth-order valence-electron chi connectivity index (χ4n) is 3.75. The Morgan fingerprint density at radius 3 is 2.79 bits per heavy atom. The Labute approximate surface area is 167 Å². The minimum Gasteiger partial charge on any atom is -0.494 e. The van der Waals surface area contributed by atoms with Gasteiger partial charge in [-0.2, -0.15) is 0 Å². The lowest BCUT2D eigenvalue weighted by Crippen LogP contribution is -2.49. The maximum absolute atomic E-state index is 14.0. The fraction of sp³-hybridized carbons (Fsp3) is 0.421. The standard InChI is InChI=1S/C19H22FN5O4/c1-28-15-3-2-12(10-14(15)20)23-17-16-18(22-11-21-17)25(8-9-29-16)13-4-6-24(7-5-13)19(26)27/h2-3,10-11,13H,4-9H2,1H3,(H,26,27)(H,21,22,23). The summed E-state index contributed by atoms with van der Waals surface area (Å²) in [4.78, 5) is 23.4. The van der Waals surface area contributed by atoms with Gasteiger partial charge in [0.05, 0.1) is 13.7 Å². The summed E-state index contributed by atoms with van der Waals surface area (Å²) in [6.45, 7) is 2.12. The van der Waals surface area contributed by atoms with Gasteiger partial charge in [-0.05, 0) is 25.0 Å². The van der Waals surface area contributed by atoms with Gasteiger partial charge in [-0.1, -0.05) is 0 Å². The fourth-order valence-corrected chi connectivity index (χ4v) is 3.75. The van der Waals surface area contributed by atoms with E-state index >= 15 is 0 Å². The van der Waals surface area contributed by atoms with Gasteiger partial charge in [-0.3, -0.25) is 0 Å². The van der Waals surface area contributed by atoms with Gasteiger partial charge in [0.2, 0.25) is 5.75 Å². The topological polar surface area (TPSA) is 100 Å². The molecule has 4 rings (SSSR count). The molecule has 1 fully saturated rings. The number of carboxylic acid groups (broad SMARTS) is 1.